The highest BCUT2D eigenvalue weighted by molar-refractivity contribution is 5.81. The largest absolute Gasteiger partial charge is 0.382 e. The molecule has 2 N–H and O–H groups in total. The van der Waals surface area contributed by atoms with Crippen molar-refractivity contribution >= 4 is 17.0 Å². The normalized spacial score (nSPS) is 20.4. The van der Waals surface area contributed by atoms with Gasteiger partial charge in [0.1, 0.15) is 11.8 Å². The van der Waals surface area contributed by atoms with Gasteiger partial charge in [-0.15, -0.1) is 0 Å². The maximum Gasteiger partial charge on any atom is 0.165 e. The molecule has 5 nitrogen and oxygen atoms in total. The van der Waals surface area contributed by atoms with Gasteiger partial charge in [-0.25, -0.2) is 15.0 Å². The average molecular weight is 215 g/mol. The number of rotatable bonds is 1. The summed E-state index contributed by atoms with van der Waals surface area (Å²) in [4.78, 5) is 12.5. The SMILES string of the molecule is Nc1ncnc2c1ncn2[C@H]1C=CCCC1. The van der Waals surface area contributed by atoms with Crippen LogP contribution in [-0.4, -0.2) is 19.5 Å². The molecule has 82 valence electrons. The minimum Gasteiger partial charge on any atom is -0.382 e. The topological polar surface area (TPSA) is 69.6 Å². The van der Waals surface area contributed by atoms with Crippen LogP contribution in [0, 0.1) is 0 Å². The molecule has 0 fully saturated rings. The molecule has 16 heavy (non-hydrogen) atoms. The van der Waals surface area contributed by atoms with Gasteiger partial charge in [-0.05, 0) is 19.3 Å². The summed E-state index contributed by atoms with van der Waals surface area (Å²) in [6.07, 6.45) is 11.2. The first kappa shape index (κ1) is 9.33. The Morgan fingerprint density at radius 2 is 2.25 bits per heavy atom. The third-order valence-electron chi connectivity index (χ3n) is 2.97. The smallest absolute Gasteiger partial charge is 0.165 e. The minimum absolute atomic E-state index is 0.355. The van der Waals surface area contributed by atoms with Gasteiger partial charge in [0.05, 0.1) is 12.4 Å². The van der Waals surface area contributed by atoms with Crippen LogP contribution in [-0.2, 0) is 0 Å². The summed E-state index contributed by atoms with van der Waals surface area (Å²) >= 11 is 0. The molecule has 0 saturated heterocycles. The number of nitrogen functional groups attached to an aromatic ring is 1. The van der Waals surface area contributed by atoms with E-state index >= 15 is 0 Å². The van der Waals surface area contributed by atoms with Gasteiger partial charge in [-0.1, -0.05) is 12.2 Å². The van der Waals surface area contributed by atoms with E-state index in [0.29, 0.717) is 17.4 Å². The number of nitrogens with two attached hydrogens (primary N) is 1. The van der Waals surface area contributed by atoms with Crippen molar-refractivity contribution in [2.24, 2.45) is 0 Å². The molecule has 0 radical (unpaired) electrons. The molecule has 5 heteroatoms. The van der Waals surface area contributed by atoms with Crippen LogP contribution in [0.2, 0.25) is 0 Å². The zero-order valence-corrected chi connectivity index (χ0v) is 8.87. The third kappa shape index (κ3) is 1.36. The molecule has 0 bridgehead atoms. The maximum atomic E-state index is 5.75. The fourth-order valence-corrected chi connectivity index (χ4v) is 2.14. The predicted molar refractivity (Wildman–Crippen MR) is 61.8 cm³/mol. The molecule has 2 aromatic rings. The zero-order chi connectivity index (χ0) is 11.0. The molecule has 1 aliphatic carbocycles. The van der Waals surface area contributed by atoms with E-state index in [4.69, 9.17) is 5.73 Å². The molecule has 0 saturated carbocycles. The molecule has 2 heterocycles. The van der Waals surface area contributed by atoms with Gasteiger partial charge in [0.15, 0.2) is 11.5 Å². The number of hydrogen-bond donors (Lipinski definition) is 1. The van der Waals surface area contributed by atoms with Gasteiger partial charge < -0.3 is 10.3 Å². The van der Waals surface area contributed by atoms with E-state index in [2.05, 4.69) is 31.7 Å². The van der Waals surface area contributed by atoms with E-state index in [0.717, 1.165) is 12.1 Å². The summed E-state index contributed by atoms with van der Waals surface area (Å²) in [6.45, 7) is 0. The van der Waals surface area contributed by atoms with Crippen molar-refractivity contribution < 1.29 is 0 Å². The number of fused-ring (bicyclic) bond motifs is 1. The standard InChI is InChI=1S/C11H13N5/c12-10-9-11(14-6-13-10)16(7-15-9)8-4-2-1-3-5-8/h2,4,6-8H,1,3,5H2,(H2,12,13,14)/t8-/m0/s1. The number of allylic oxidation sites excluding steroid dienone is 2. The van der Waals surface area contributed by atoms with E-state index in [1.165, 1.54) is 19.2 Å². The number of aromatic nitrogens is 4. The lowest BCUT2D eigenvalue weighted by Gasteiger charge is -2.17. The molecule has 0 aliphatic heterocycles. The Kier molecular flexibility index (Phi) is 2.09. The van der Waals surface area contributed by atoms with Crippen molar-refractivity contribution in [1.29, 1.82) is 0 Å². The number of nitrogens with zero attached hydrogens (tertiary/aromatic N) is 4. The number of imidazole rings is 1. The molecule has 0 unspecified atom stereocenters. The van der Waals surface area contributed by atoms with Crippen molar-refractivity contribution in [1.82, 2.24) is 19.5 Å². The van der Waals surface area contributed by atoms with E-state index in [-0.39, 0.29) is 0 Å². The van der Waals surface area contributed by atoms with Crippen LogP contribution >= 0.6 is 0 Å². The second-order valence-electron chi connectivity index (χ2n) is 4.01. The second-order valence-corrected chi connectivity index (χ2v) is 4.01. The highest BCUT2D eigenvalue weighted by Crippen LogP contribution is 2.26. The lowest BCUT2D eigenvalue weighted by Crippen LogP contribution is -2.08. The van der Waals surface area contributed by atoms with Crippen LogP contribution in [0.5, 0.6) is 0 Å². The molecule has 1 atom stereocenters. The maximum absolute atomic E-state index is 5.75. The van der Waals surface area contributed by atoms with Crippen molar-refractivity contribution in [3.05, 3.63) is 24.8 Å². The lowest BCUT2D eigenvalue weighted by atomic mass is 10.0. The third-order valence-corrected chi connectivity index (χ3v) is 2.97. The first-order valence-electron chi connectivity index (χ1n) is 5.46. The van der Waals surface area contributed by atoms with Crippen LogP contribution < -0.4 is 5.73 Å². The van der Waals surface area contributed by atoms with Crippen LogP contribution in [0.15, 0.2) is 24.8 Å². The van der Waals surface area contributed by atoms with Crippen LogP contribution in [0.3, 0.4) is 0 Å². The van der Waals surface area contributed by atoms with E-state index in [1.807, 2.05) is 0 Å². The van der Waals surface area contributed by atoms with Gasteiger partial charge in [-0.2, -0.15) is 0 Å². The fraction of sp³-hybridized carbons (Fsp3) is 0.364. The zero-order valence-electron chi connectivity index (χ0n) is 8.87. The first-order chi connectivity index (χ1) is 7.86. The van der Waals surface area contributed by atoms with Gasteiger partial charge in [0.25, 0.3) is 0 Å². The van der Waals surface area contributed by atoms with Crippen LogP contribution in [0.4, 0.5) is 5.82 Å². The Bertz CT molecular complexity index is 542. The van der Waals surface area contributed by atoms with Crippen molar-refractivity contribution in [2.75, 3.05) is 5.73 Å². The number of hydrogen-bond acceptors (Lipinski definition) is 4. The summed E-state index contributed by atoms with van der Waals surface area (Å²) in [7, 11) is 0. The lowest BCUT2D eigenvalue weighted by molar-refractivity contribution is 0.525. The summed E-state index contributed by atoms with van der Waals surface area (Å²) in [5.74, 6) is 0.448. The van der Waals surface area contributed by atoms with Gasteiger partial charge in [-0.3, -0.25) is 0 Å². The van der Waals surface area contributed by atoms with Gasteiger partial charge >= 0.3 is 0 Å². The Labute approximate surface area is 93.0 Å². The molecule has 3 rings (SSSR count). The van der Waals surface area contributed by atoms with E-state index < -0.39 is 0 Å². The first-order valence-corrected chi connectivity index (χ1v) is 5.46. The van der Waals surface area contributed by atoms with Gasteiger partial charge in [0, 0.05) is 0 Å². The monoisotopic (exact) mass is 215 g/mol. The predicted octanol–water partition coefficient (Wildman–Crippen LogP) is 1.69. The average Bonchev–Trinajstić information content (AvgIpc) is 2.75. The summed E-state index contributed by atoms with van der Waals surface area (Å²) in [6, 6.07) is 0.355. The van der Waals surface area contributed by atoms with E-state index in [1.54, 1.807) is 6.33 Å². The molecule has 2 aromatic heterocycles. The Balaban J connectivity index is 2.13. The number of anilines is 1. The highest BCUT2D eigenvalue weighted by atomic mass is 15.1. The summed E-state index contributed by atoms with van der Waals surface area (Å²) in [5.41, 5.74) is 7.27. The molecule has 0 spiro atoms. The van der Waals surface area contributed by atoms with Crippen LogP contribution in [0.25, 0.3) is 11.2 Å². The molecular weight excluding hydrogens is 202 g/mol. The van der Waals surface area contributed by atoms with Crippen molar-refractivity contribution in [3.8, 4) is 0 Å². The Morgan fingerprint density at radius 1 is 1.31 bits per heavy atom. The fourth-order valence-electron chi connectivity index (χ4n) is 2.14. The summed E-state index contributed by atoms with van der Waals surface area (Å²) < 4.78 is 2.07. The Hall–Kier alpha value is -1.91. The second kappa shape index (κ2) is 3.59. The van der Waals surface area contributed by atoms with Crippen molar-refractivity contribution in [3.63, 3.8) is 0 Å². The molecule has 0 aromatic carbocycles. The highest BCUT2D eigenvalue weighted by Gasteiger charge is 2.15. The quantitative estimate of drug-likeness (QED) is 0.735. The molecular formula is C11H13N5. The van der Waals surface area contributed by atoms with E-state index in [9.17, 15) is 0 Å². The molecule has 1 aliphatic rings. The van der Waals surface area contributed by atoms with Crippen molar-refractivity contribution in [2.45, 2.75) is 25.3 Å². The minimum atomic E-state index is 0.355. The molecule has 0 amide bonds. The van der Waals surface area contributed by atoms with Gasteiger partial charge in [0.2, 0.25) is 0 Å². The summed E-state index contributed by atoms with van der Waals surface area (Å²) in [5, 5.41) is 0. The Morgan fingerprint density at radius 3 is 3.06 bits per heavy atom. The van der Waals surface area contributed by atoms with Crippen LogP contribution in [0.1, 0.15) is 25.3 Å².